The molecule has 1 heterocycles. The highest BCUT2D eigenvalue weighted by molar-refractivity contribution is 7.10. The fraction of sp³-hybridized carbons (Fsp3) is 0.556. The predicted octanol–water partition coefficient (Wildman–Crippen LogP) is 2.05. The standard InChI is InChI=1S/C9H13NS/c1-6-5-11-9-7(4-10)2-3-8(6)9/h5,7H,2-4,10H2,1H3/t7-/m1/s1. The number of nitrogens with two attached hydrogens (primary N) is 1. The maximum absolute atomic E-state index is 5.66. The molecule has 11 heavy (non-hydrogen) atoms. The SMILES string of the molecule is Cc1csc2c1CC[C@@H]2CN. The van der Waals surface area contributed by atoms with Gasteiger partial charge in [-0.15, -0.1) is 11.3 Å². The van der Waals surface area contributed by atoms with Crippen LogP contribution >= 0.6 is 11.3 Å². The number of hydrogen-bond acceptors (Lipinski definition) is 2. The van der Waals surface area contributed by atoms with Crippen LogP contribution in [-0.2, 0) is 6.42 Å². The Morgan fingerprint density at radius 2 is 2.55 bits per heavy atom. The van der Waals surface area contributed by atoms with Crippen LogP contribution in [0.2, 0.25) is 0 Å². The number of fused-ring (bicyclic) bond motifs is 1. The minimum atomic E-state index is 0.670. The van der Waals surface area contributed by atoms with Gasteiger partial charge in [0.15, 0.2) is 0 Å². The second kappa shape index (κ2) is 2.61. The average molecular weight is 167 g/mol. The highest BCUT2D eigenvalue weighted by atomic mass is 32.1. The molecule has 0 radical (unpaired) electrons. The molecule has 0 aromatic carbocycles. The Morgan fingerprint density at radius 1 is 1.73 bits per heavy atom. The lowest BCUT2D eigenvalue weighted by Gasteiger charge is -2.02. The summed E-state index contributed by atoms with van der Waals surface area (Å²) in [4.78, 5) is 1.56. The molecule has 2 rings (SSSR count). The van der Waals surface area contributed by atoms with Crippen LogP contribution in [0.25, 0.3) is 0 Å². The van der Waals surface area contributed by atoms with Crippen molar-refractivity contribution in [2.75, 3.05) is 6.54 Å². The van der Waals surface area contributed by atoms with Crippen LogP contribution < -0.4 is 5.73 Å². The van der Waals surface area contributed by atoms with Crippen molar-refractivity contribution >= 4 is 11.3 Å². The van der Waals surface area contributed by atoms with Gasteiger partial charge in [-0.1, -0.05) is 0 Å². The molecule has 1 aromatic heterocycles. The Kier molecular flexibility index (Phi) is 1.74. The summed E-state index contributed by atoms with van der Waals surface area (Å²) < 4.78 is 0. The summed E-state index contributed by atoms with van der Waals surface area (Å²) in [6.07, 6.45) is 2.53. The average Bonchev–Trinajstić information content (AvgIpc) is 2.53. The topological polar surface area (TPSA) is 26.0 Å². The van der Waals surface area contributed by atoms with Gasteiger partial charge >= 0.3 is 0 Å². The second-order valence-corrected chi connectivity index (χ2v) is 4.14. The first kappa shape index (κ1) is 7.32. The Hall–Kier alpha value is -0.340. The van der Waals surface area contributed by atoms with E-state index in [2.05, 4.69) is 12.3 Å². The van der Waals surface area contributed by atoms with Crippen LogP contribution in [0.15, 0.2) is 5.38 Å². The van der Waals surface area contributed by atoms with Gasteiger partial charge < -0.3 is 5.73 Å². The van der Waals surface area contributed by atoms with Crippen molar-refractivity contribution in [1.82, 2.24) is 0 Å². The highest BCUT2D eigenvalue weighted by Gasteiger charge is 2.23. The molecule has 1 atom stereocenters. The summed E-state index contributed by atoms with van der Waals surface area (Å²) in [5, 5.41) is 2.26. The zero-order chi connectivity index (χ0) is 7.84. The van der Waals surface area contributed by atoms with Gasteiger partial charge in [-0.2, -0.15) is 0 Å². The third-order valence-electron chi connectivity index (χ3n) is 2.53. The number of hydrogen-bond donors (Lipinski definition) is 1. The van der Waals surface area contributed by atoms with Gasteiger partial charge in [-0.05, 0) is 42.8 Å². The van der Waals surface area contributed by atoms with Crippen LogP contribution in [0, 0.1) is 6.92 Å². The minimum absolute atomic E-state index is 0.670. The van der Waals surface area contributed by atoms with E-state index in [1.165, 1.54) is 18.4 Å². The van der Waals surface area contributed by atoms with Gasteiger partial charge in [0.1, 0.15) is 0 Å². The summed E-state index contributed by atoms with van der Waals surface area (Å²) in [5.41, 5.74) is 8.73. The third-order valence-corrected chi connectivity index (χ3v) is 3.84. The van der Waals surface area contributed by atoms with Gasteiger partial charge in [0.05, 0.1) is 0 Å². The van der Waals surface area contributed by atoms with Gasteiger partial charge in [0.25, 0.3) is 0 Å². The van der Waals surface area contributed by atoms with E-state index in [0.717, 1.165) is 6.54 Å². The Bertz CT molecular complexity index is 265. The van der Waals surface area contributed by atoms with Crippen LogP contribution in [0.5, 0.6) is 0 Å². The van der Waals surface area contributed by atoms with Crippen molar-refractivity contribution in [2.24, 2.45) is 5.73 Å². The fourth-order valence-corrected chi connectivity index (χ4v) is 3.08. The first-order chi connectivity index (χ1) is 5.33. The van der Waals surface area contributed by atoms with E-state index in [0.29, 0.717) is 5.92 Å². The molecular weight excluding hydrogens is 154 g/mol. The van der Waals surface area contributed by atoms with E-state index in [9.17, 15) is 0 Å². The molecule has 0 saturated carbocycles. The van der Waals surface area contributed by atoms with Crippen molar-refractivity contribution in [3.05, 3.63) is 21.4 Å². The third kappa shape index (κ3) is 1.01. The molecule has 1 aliphatic carbocycles. The van der Waals surface area contributed by atoms with E-state index in [1.54, 1.807) is 10.4 Å². The van der Waals surface area contributed by atoms with Crippen molar-refractivity contribution < 1.29 is 0 Å². The Labute approximate surface area is 71.2 Å². The smallest absolute Gasteiger partial charge is 0.0124 e. The second-order valence-electron chi connectivity index (χ2n) is 3.23. The molecule has 60 valence electrons. The van der Waals surface area contributed by atoms with Crippen molar-refractivity contribution in [3.8, 4) is 0 Å². The normalized spacial score (nSPS) is 22.2. The lowest BCUT2D eigenvalue weighted by Crippen LogP contribution is -2.07. The summed E-state index contributed by atoms with van der Waals surface area (Å²) in [5.74, 6) is 0.670. The van der Waals surface area contributed by atoms with Crippen LogP contribution in [-0.4, -0.2) is 6.54 Å². The van der Waals surface area contributed by atoms with Gasteiger partial charge in [0, 0.05) is 10.8 Å². The summed E-state index contributed by atoms with van der Waals surface area (Å²) in [6, 6.07) is 0. The zero-order valence-corrected chi connectivity index (χ0v) is 7.58. The van der Waals surface area contributed by atoms with Gasteiger partial charge in [0.2, 0.25) is 0 Å². The van der Waals surface area contributed by atoms with E-state index in [-0.39, 0.29) is 0 Å². The molecule has 0 aliphatic heterocycles. The summed E-state index contributed by atoms with van der Waals surface area (Å²) >= 11 is 1.89. The lowest BCUT2D eigenvalue weighted by atomic mass is 10.1. The minimum Gasteiger partial charge on any atom is -0.330 e. The van der Waals surface area contributed by atoms with E-state index >= 15 is 0 Å². The van der Waals surface area contributed by atoms with Gasteiger partial charge in [-0.25, -0.2) is 0 Å². The summed E-state index contributed by atoms with van der Waals surface area (Å²) in [7, 11) is 0. The summed E-state index contributed by atoms with van der Waals surface area (Å²) in [6.45, 7) is 3.03. The first-order valence-corrected chi connectivity index (χ1v) is 4.98. The molecule has 0 bridgehead atoms. The Morgan fingerprint density at radius 3 is 3.27 bits per heavy atom. The molecule has 0 amide bonds. The molecule has 2 heteroatoms. The number of aryl methyl sites for hydroxylation is 1. The Balaban J connectivity index is 2.40. The van der Waals surface area contributed by atoms with Crippen molar-refractivity contribution in [2.45, 2.75) is 25.7 Å². The monoisotopic (exact) mass is 167 g/mol. The first-order valence-electron chi connectivity index (χ1n) is 4.10. The predicted molar refractivity (Wildman–Crippen MR) is 49.2 cm³/mol. The molecule has 1 aromatic rings. The fourth-order valence-electron chi connectivity index (χ4n) is 1.83. The number of rotatable bonds is 1. The molecule has 0 unspecified atom stereocenters. The maximum Gasteiger partial charge on any atom is 0.0124 e. The molecule has 1 nitrogen and oxygen atoms in total. The molecule has 2 N–H and O–H groups in total. The molecular formula is C9H13NS. The van der Waals surface area contributed by atoms with E-state index in [4.69, 9.17) is 5.73 Å². The quantitative estimate of drug-likeness (QED) is 0.680. The van der Waals surface area contributed by atoms with E-state index in [1.807, 2.05) is 11.3 Å². The van der Waals surface area contributed by atoms with Crippen LogP contribution in [0.4, 0.5) is 0 Å². The highest BCUT2D eigenvalue weighted by Crippen LogP contribution is 2.38. The lowest BCUT2D eigenvalue weighted by molar-refractivity contribution is 0.695. The van der Waals surface area contributed by atoms with E-state index < -0.39 is 0 Å². The van der Waals surface area contributed by atoms with Crippen LogP contribution in [0.3, 0.4) is 0 Å². The molecule has 0 saturated heterocycles. The van der Waals surface area contributed by atoms with Crippen molar-refractivity contribution in [1.29, 1.82) is 0 Å². The molecule has 0 spiro atoms. The van der Waals surface area contributed by atoms with Gasteiger partial charge in [-0.3, -0.25) is 0 Å². The molecule has 0 fully saturated rings. The zero-order valence-electron chi connectivity index (χ0n) is 6.76. The van der Waals surface area contributed by atoms with Crippen LogP contribution in [0.1, 0.15) is 28.3 Å². The largest absolute Gasteiger partial charge is 0.330 e. The van der Waals surface area contributed by atoms with Crippen molar-refractivity contribution in [3.63, 3.8) is 0 Å². The number of thiophene rings is 1. The molecule has 1 aliphatic rings. The maximum atomic E-state index is 5.66.